The van der Waals surface area contributed by atoms with Gasteiger partial charge in [-0.15, -0.1) is 10.2 Å². The number of nitrogens with zero attached hydrogens (tertiary/aromatic N) is 2. The van der Waals surface area contributed by atoms with Gasteiger partial charge in [0.2, 0.25) is 11.0 Å². The number of thioether (sulfide) groups is 1. The predicted molar refractivity (Wildman–Crippen MR) is 87.4 cm³/mol. The molecule has 1 heterocycles. The van der Waals surface area contributed by atoms with Gasteiger partial charge >= 0.3 is 0 Å². The molecule has 0 bridgehead atoms. The van der Waals surface area contributed by atoms with Crippen LogP contribution in [0.4, 0.5) is 10.8 Å². The van der Waals surface area contributed by atoms with E-state index in [1.165, 1.54) is 23.1 Å². The normalized spacial score (nSPS) is 13.7. The number of hydrogen-bond acceptors (Lipinski definition) is 6. The summed E-state index contributed by atoms with van der Waals surface area (Å²) in [4.78, 5) is 24.0. The first-order valence-corrected chi connectivity index (χ1v) is 8.79. The van der Waals surface area contributed by atoms with Gasteiger partial charge in [0, 0.05) is 17.2 Å². The molecule has 22 heavy (non-hydrogen) atoms. The van der Waals surface area contributed by atoms with Crippen LogP contribution in [0.3, 0.4) is 0 Å². The lowest BCUT2D eigenvalue weighted by molar-refractivity contribution is -0.117. The molecule has 2 amide bonds. The molecule has 8 heteroatoms. The number of carbonyl (C=O) groups excluding carboxylic acids is 2. The molecule has 0 atom stereocenters. The van der Waals surface area contributed by atoms with Gasteiger partial charge < -0.3 is 5.32 Å². The van der Waals surface area contributed by atoms with E-state index in [1.807, 2.05) is 6.26 Å². The van der Waals surface area contributed by atoms with E-state index in [-0.39, 0.29) is 17.7 Å². The molecule has 6 nitrogen and oxygen atoms in total. The smallest absolute Gasteiger partial charge is 0.257 e. The number of aromatic nitrogens is 2. The van der Waals surface area contributed by atoms with E-state index in [2.05, 4.69) is 20.8 Å². The van der Waals surface area contributed by atoms with Crippen molar-refractivity contribution in [3.63, 3.8) is 0 Å². The van der Waals surface area contributed by atoms with Gasteiger partial charge in [-0.3, -0.25) is 14.9 Å². The highest BCUT2D eigenvalue weighted by Crippen LogP contribution is 2.30. The summed E-state index contributed by atoms with van der Waals surface area (Å²) in [7, 11) is 0. The van der Waals surface area contributed by atoms with Crippen LogP contribution in [-0.2, 0) is 4.79 Å². The predicted octanol–water partition coefficient (Wildman–Crippen LogP) is 2.86. The molecule has 0 saturated heterocycles. The van der Waals surface area contributed by atoms with Gasteiger partial charge in [0.1, 0.15) is 0 Å². The maximum Gasteiger partial charge on any atom is 0.257 e. The van der Waals surface area contributed by atoms with E-state index in [1.54, 1.807) is 24.3 Å². The summed E-state index contributed by atoms with van der Waals surface area (Å²) in [6, 6.07) is 6.86. The monoisotopic (exact) mass is 334 g/mol. The Hall–Kier alpha value is -1.93. The zero-order valence-electron chi connectivity index (χ0n) is 11.8. The fourth-order valence-corrected chi connectivity index (χ4v) is 3.01. The fraction of sp³-hybridized carbons (Fsp3) is 0.286. The second-order valence-electron chi connectivity index (χ2n) is 4.88. The fourth-order valence-electron chi connectivity index (χ4n) is 1.84. The van der Waals surface area contributed by atoms with E-state index >= 15 is 0 Å². The van der Waals surface area contributed by atoms with E-state index in [9.17, 15) is 9.59 Å². The lowest BCUT2D eigenvalue weighted by atomic mass is 10.2. The number of rotatable bonds is 5. The van der Waals surface area contributed by atoms with Crippen molar-refractivity contribution >= 4 is 45.7 Å². The zero-order valence-corrected chi connectivity index (χ0v) is 13.5. The van der Waals surface area contributed by atoms with E-state index in [0.717, 1.165) is 17.2 Å². The third kappa shape index (κ3) is 3.63. The summed E-state index contributed by atoms with van der Waals surface area (Å²) in [5, 5.41) is 13.8. The topological polar surface area (TPSA) is 84.0 Å². The van der Waals surface area contributed by atoms with Gasteiger partial charge in [-0.05, 0) is 37.3 Å². The van der Waals surface area contributed by atoms with Gasteiger partial charge in [-0.25, -0.2) is 0 Å². The molecule has 3 rings (SSSR count). The average Bonchev–Trinajstić information content (AvgIpc) is 3.28. The molecule has 1 aliphatic rings. The second-order valence-corrected chi connectivity index (χ2v) is 6.91. The van der Waals surface area contributed by atoms with Crippen LogP contribution in [0.5, 0.6) is 0 Å². The lowest BCUT2D eigenvalue weighted by Crippen LogP contribution is -2.15. The molecular weight excluding hydrogens is 320 g/mol. The largest absolute Gasteiger partial charge is 0.326 e. The standard InChI is InChI=1S/C14H14N4O2S2/c1-21-14-18-17-13(22-14)16-12(20)9-3-2-4-10(7-9)15-11(19)8-5-6-8/h2-4,7-8H,5-6H2,1H3,(H,15,19)(H,16,17,20). The summed E-state index contributed by atoms with van der Waals surface area (Å²) in [5.74, 6) is -0.124. The second kappa shape index (κ2) is 6.45. The highest BCUT2D eigenvalue weighted by Gasteiger charge is 2.29. The molecule has 0 unspecified atom stereocenters. The van der Waals surface area contributed by atoms with Crippen LogP contribution in [0.2, 0.25) is 0 Å². The molecule has 114 valence electrons. The van der Waals surface area contributed by atoms with E-state index in [0.29, 0.717) is 16.4 Å². The summed E-state index contributed by atoms with van der Waals surface area (Å²) in [6.07, 6.45) is 3.79. The number of amides is 2. The van der Waals surface area contributed by atoms with Crippen LogP contribution in [0.15, 0.2) is 28.6 Å². The molecule has 0 spiro atoms. The Morgan fingerprint density at radius 2 is 2.09 bits per heavy atom. The van der Waals surface area contributed by atoms with Gasteiger partial charge in [-0.1, -0.05) is 29.2 Å². The Balaban J connectivity index is 1.67. The molecule has 1 aliphatic carbocycles. The van der Waals surface area contributed by atoms with Gasteiger partial charge in [0.05, 0.1) is 0 Å². The van der Waals surface area contributed by atoms with Crippen molar-refractivity contribution in [1.82, 2.24) is 10.2 Å². The SMILES string of the molecule is CSc1nnc(NC(=O)c2cccc(NC(=O)C3CC3)c2)s1. The number of hydrogen-bond donors (Lipinski definition) is 2. The molecule has 1 fully saturated rings. The molecule has 0 aliphatic heterocycles. The number of benzene rings is 1. The van der Waals surface area contributed by atoms with Crippen molar-refractivity contribution < 1.29 is 9.59 Å². The van der Waals surface area contributed by atoms with Crippen molar-refractivity contribution in [2.75, 3.05) is 16.9 Å². The average molecular weight is 334 g/mol. The summed E-state index contributed by atoms with van der Waals surface area (Å²) >= 11 is 2.80. The van der Waals surface area contributed by atoms with Gasteiger partial charge in [-0.2, -0.15) is 0 Å². The Bertz CT molecular complexity index is 712. The Kier molecular flexibility index (Phi) is 4.39. The van der Waals surface area contributed by atoms with Crippen LogP contribution >= 0.6 is 23.1 Å². The molecular formula is C14H14N4O2S2. The summed E-state index contributed by atoms with van der Waals surface area (Å²) < 4.78 is 0.792. The van der Waals surface area contributed by atoms with Crippen LogP contribution in [0.25, 0.3) is 0 Å². The first kappa shape index (κ1) is 15.0. The third-order valence-corrected chi connectivity index (χ3v) is 4.96. The molecule has 2 N–H and O–H groups in total. The van der Waals surface area contributed by atoms with Crippen molar-refractivity contribution in [2.24, 2.45) is 5.92 Å². The first-order chi connectivity index (χ1) is 10.7. The Morgan fingerprint density at radius 1 is 1.27 bits per heavy atom. The molecule has 1 aromatic heterocycles. The van der Waals surface area contributed by atoms with Crippen molar-refractivity contribution in [1.29, 1.82) is 0 Å². The number of carbonyl (C=O) groups is 2. The summed E-state index contributed by atoms with van der Waals surface area (Å²) in [6.45, 7) is 0. The number of nitrogens with one attached hydrogen (secondary N) is 2. The van der Waals surface area contributed by atoms with Crippen molar-refractivity contribution in [3.05, 3.63) is 29.8 Å². The van der Waals surface area contributed by atoms with Crippen LogP contribution in [-0.4, -0.2) is 28.3 Å². The molecule has 2 aromatic rings. The summed E-state index contributed by atoms with van der Waals surface area (Å²) in [5.41, 5.74) is 1.10. The van der Waals surface area contributed by atoms with E-state index in [4.69, 9.17) is 0 Å². The van der Waals surface area contributed by atoms with Crippen molar-refractivity contribution in [3.8, 4) is 0 Å². The highest BCUT2D eigenvalue weighted by molar-refractivity contribution is 8.00. The van der Waals surface area contributed by atoms with E-state index < -0.39 is 0 Å². The van der Waals surface area contributed by atoms with Gasteiger partial charge in [0.25, 0.3) is 5.91 Å². The Morgan fingerprint density at radius 3 is 2.77 bits per heavy atom. The Labute approximate surface area is 135 Å². The minimum absolute atomic E-state index is 0.0197. The van der Waals surface area contributed by atoms with Gasteiger partial charge in [0.15, 0.2) is 4.34 Å². The quantitative estimate of drug-likeness (QED) is 0.649. The maximum atomic E-state index is 12.2. The third-order valence-electron chi connectivity index (χ3n) is 3.14. The molecule has 1 aromatic carbocycles. The first-order valence-electron chi connectivity index (χ1n) is 6.75. The number of anilines is 2. The maximum absolute atomic E-state index is 12.2. The highest BCUT2D eigenvalue weighted by atomic mass is 32.2. The molecule has 1 saturated carbocycles. The minimum atomic E-state index is -0.272. The van der Waals surface area contributed by atoms with Crippen LogP contribution in [0, 0.1) is 5.92 Å². The van der Waals surface area contributed by atoms with Crippen LogP contribution < -0.4 is 10.6 Å². The lowest BCUT2D eigenvalue weighted by Gasteiger charge is -2.06. The molecule has 0 radical (unpaired) electrons. The van der Waals surface area contributed by atoms with Crippen LogP contribution in [0.1, 0.15) is 23.2 Å². The zero-order chi connectivity index (χ0) is 15.5. The van der Waals surface area contributed by atoms with Crippen molar-refractivity contribution in [2.45, 2.75) is 17.2 Å². The minimum Gasteiger partial charge on any atom is -0.326 e.